The molecule has 0 aromatic heterocycles. The second-order valence-corrected chi connectivity index (χ2v) is 3.91. The summed E-state index contributed by atoms with van der Waals surface area (Å²) in [6.07, 6.45) is 7.11. The summed E-state index contributed by atoms with van der Waals surface area (Å²) in [5.41, 5.74) is 4.33. The Kier molecular flexibility index (Phi) is 2.22. The molecular weight excluding hydrogens is 156 g/mol. The van der Waals surface area contributed by atoms with Gasteiger partial charge in [0.05, 0.1) is 0 Å². The van der Waals surface area contributed by atoms with Gasteiger partial charge in [0.25, 0.3) is 0 Å². The van der Waals surface area contributed by atoms with Gasteiger partial charge in [0.15, 0.2) is 0 Å². The van der Waals surface area contributed by atoms with E-state index in [2.05, 4.69) is 44.2 Å². The van der Waals surface area contributed by atoms with Crippen LogP contribution in [0.2, 0.25) is 0 Å². The van der Waals surface area contributed by atoms with Crippen molar-refractivity contribution in [3.63, 3.8) is 0 Å². The zero-order chi connectivity index (χ0) is 9.26. The van der Waals surface area contributed by atoms with Crippen molar-refractivity contribution >= 4 is 6.08 Å². The molecule has 0 nitrogen and oxygen atoms in total. The molecule has 0 saturated heterocycles. The van der Waals surface area contributed by atoms with Crippen LogP contribution in [0, 0.1) is 6.92 Å². The van der Waals surface area contributed by atoms with Crippen LogP contribution in [-0.4, -0.2) is 0 Å². The highest BCUT2D eigenvalue weighted by atomic mass is 14.3. The van der Waals surface area contributed by atoms with Crippen LogP contribution in [0.4, 0.5) is 0 Å². The summed E-state index contributed by atoms with van der Waals surface area (Å²) in [5, 5.41) is 0. The fourth-order valence-electron chi connectivity index (χ4n) is 1.78. The predicted molar refractivity (Wildman–Crippen MR) is 57.9 cm³/mol. The molecule has 1 aromatic rings. The van der Waals surface area contributed by atoms with E-state index in [1.54, 1.807) is 5.56 Å². The number of allylic oxidation sites excluding steroid dienone is 1. The Morgan fingerprint density at radius 1 is 1.31 bits per heavy atom. The van der Waals surface area contributed by atoms with Crippen molar-refractivity contribution in [1.82, 2.24) is 0 Å². The van der Waals surface area contributed by atoms with Crippen LogP contribution in [0.3, 0.4) is 0 Å². The van der Waals surface area contributed by atoms with Crippen LogP contribution in [0.15, 0.2) is 24.3 Å². The highest BCUT2D eigenvalue weighted by Gasteiger charge is 2.24. The van der Waals surface area contributed by atoms with Gasteiger partial charge in [0.1, 0.15) is 0 Å². The number of benzene rings is 1. The lowest BCUT2D eigenvalue weighted by Crippen LogP contribution is -1.86. The normalized spacial score (nSPS) is 16.8. The second-order valence-electron chi connectivity index (χ2n) is 3.91. The minimum atomic E-state index is 0.854. The van der Waals surface area contributed by atoms with Gasteiger partial charge in [-0.05, 0) is 43.7 Å². The minimum Gasteiger partial charge on any atom is -0.0871 e. The van der Waals surface area contributed by atoms with E-state index in [1.807, 2.05) is 0 Å². The molecule has 0 aliphatic heterocycles. The highest BCUT2D eigenvalue weighted by molar-refractivity contribution is 5.56. The van der Waals surface area contributed by atoms with Crippen molar-refractivity contribution in [2.24, 2.45) is 0 Å². The molecule has 1 saturated carbocycles. The van der Waals surface area contributed by atoms with Gasteiger partial charge in [-0.1, -0.05) is 35.9 Å². The van der Waals surface area contributed by atoms with Crippen molar-refractivity contribution in [1.29, 1.82) is 0 Å². The zero-order valence-corrected chi connectivity index (χ0v) is 8.38. The van der Waals surface area contributed by atoms with Crippen molar-refractivity contribution in [2.75, 3.05) is 0 Å². The third-order valence-electron chi connectivity index (χ3n) is 2.61. The van der Waals surface area contributed by atoms with Crippen molar-refractivity contribution in [3.8, 4) is 0 Å². The summed E-state index contributed by atoms with van der Waals surface area (Å²) in [6, 6.07) is 6.80. The van der Waals surface area contributed by atoms with Crippen molar-refractivity contribution < 1.29 is 0 Å². The number of hydrogen-bond acceptors (Lipinski definition) is 0. The fourth-order valence-corrected chi connectivity index (χ4v) is 1.78. The predicted octanol–water partition coefficient (Wildman–Crippen LogP) is 3.91. The van der Waals surface area contributed by atoms with Crippen LogP contribution in [0.5, 0.6) is 0 Å². The summed E-state index contributed by atoms with van der Waals surface area (Å²) >= 11 is 0. The molecule has 0 amide bonds. The number of rotatable bonds is 2. The van der Waals surface area contributed by atoms with Gasteiger partial charge in [0, 0.05) is 0 Å². The third kappa shape index (κ3) is 1.82. The summed E-state index contributed by atoms with van der Waals surface area (Å²) < 4.78 is 0. The van der Waals surface area contributed by atoms with Crippen molar-refractivity contribution in [2.45, 2.75) is 32.6 Å². The van der Waals surface area contributed by atoms with Gasteiger partial charge in [-0.3, -0.25) is 0 Å². The Hall–Kier alpha value is -1.04. The van der Waals surface area contributed by atoms with E-state index in [-0.39, 0.29) is 0 Å². The zero-order valence-electron chi connectivity index (χ0n) is 8.38. The molecule has 0 atom stereocenters. The molecule has 1 aliphatic rings. The van der Waals surface area contributed by atoms with Gasteiger partial charge >= 0.3 is 0 Å². The van der Waals surface area contributed by atoms with Crippen LogP contribution in [-0.2, 0) is 0 Å². The average molecular weight is 172 g/mol. The molecule has 0 bridgehead atoms. The number of aryl methyl sites for hydroxylation is 1. The molecule has 1 aliphatic carbocycles. The van der Waals surface area contributed by atoms with E-state index >= 15 is 0 Å². The molecule has 1 fully saturated rings. The van der Waals surface area contributed by atoms with Crippen LogP contribution in [0.1, 0.15) is 42.4 Å². The van der Waals surface area contributed by atoms with E-state index in [4.69, 9.17) is 0 Å². The Bertz CT molecular complexity index is 330. The second kappa shape index (κ2) is 3.37. The first-order valence-corrected chi connectivity index (χ1v) is 5.04. The molecule has 2 rings (SSSR count). The van der Waals surface area contributed by atoms with Crippen LogP contribution < -0.4 is 0 Å². The molecule has 0 radical (unpaired) electrons. The lowest BCUT2D eigenvalue weighted by molar-refractivity contribution is 1.12. The first-order valence-electron chi connectivity index (χ1n) is 5.04. The monoisotopic (exact) mass is 172 g/mol. The quantitative estimate of drug-likeness (QED) is 0.634. The van der Waals surface area contributed by atoms with E-state index in [0.717, 1.165) is 5.92 Å². The third-order valence-corrected chi connectivity index (χ3v) is 2.61. The van der Waals surface area contributed by atoms with E-state index in [0.29, 0.717) is 0 Å². The summed E-state index contributed by atoms with van der Waals surface area (Å²) in [7, 11) is 0. The summed E-state index contributed by atoms with van der Waals surface area (Å²) in [5.74, 6) is 0.854. The first-order chi connectivity index (χ1) is 6.31. The molecule has 0 N–H and O–H groups in total. The van der Waals surface area contributed by atoms with Crippen LogP contribution in [0.25, 0.3) is 6.08 Å². The standard InChI is InChI=1S/C13H16/c1-3-4-12-9-10(2)5-8-13(12)11-6-7-11/h3-5,8-9,11H,6-7H2,1-2H3/b4-3-. The molecule has 68 valence electrons. The summed E-state index contributed by atoms with van der Waals surface area (Å²) in [6.45, 7) is 4.24. The lowest BCUT2D eigenvalue weighted by atomic mass is 10.0. The largest absolute Gasteiger partial charge is 0.0871 e. The highest BCUT2D eigenvalue weighted by Crippen LogP contribution is 2.42. The molecule has 13 heavy (non-hydrogen) atoms. The van der Waals surface area contributed by atoms with Gasteiger partial charge < -0.3 is 0 Å². The smallest absolute Gasteiger partial charge is 0.0156 e. The van der Waals surface area contributed by atoms with Crippen LogP contribution >= 0.6 is 0 Å². The SMILES string of the molecule is C/C=C\c1cc(C)ccc1C1CC1. The number of hydrogen-bond donors (Lipinski definition) is 0. The maximum atomic E-state index is 2.29. The van der Waals surface area contributed by atoms with Gasteiger partial charge in [-0.25, -0.2) is 0 Å². The van der Waals surface area contributed by atoms with Crippen molar-refractivity contribution in [3.05, 3.63) is 41.0 Å². The topological polar surface area (TPSA) is 0 Å². The van der Waals surface area contributed by atoms with Gasteiger partial charge in [-0.2, -0.15) is 0 Å². The van der Waals surface area contributed by atoms with Gasteiger partial charge in [0.2, 0.25) is 0 Å². The lowest BCUT2D eigenvalue weighted by Gasteiger charge is -2.05. The minimum absolute atomic E-state index is 0.854. The Labute approximate surface area is 80.3 Å². The Balaban J connectivity index is 2.41. The van der Waals surface area contributed by atoms with E-state index in [1.165, 1.54) is 24.0 Å². The fraction of sp³-hybridized carbons (Fsp3) is 0.385. The van der Waals surface area contributed by atoms with E-state index in [9.17, 15) is 0 Å². The Morgan fingerprint density at radius 3 is 2.69 bits per heavy atom. The average Bonchev–Trinajstić information content (AvgIpc) is 2.88. The molecule has 0 spiro atoms. The first kappa shape index (κ1) is 8.55. The van der Waals surface area contributed by atoms with Gasteiger partial charge in [-0.15, -0.1) is 0 Å². The molecule has 0 heterocycles. The molecule has 0 unspecified atom stereocenters. The van der Waals surface area contributed by atoms with E-state index < -0.39 is 0 Å². The maximum Gasteiger partial charge on any atom is -0.0156 e. The molecule has 0 heteroatoms. The molecular formula is C13H16. The summed E-state index contributed by atoms with van der Waals surface area (Å²) in [4.78, 5) is 0. The Morgan fingerprint density at radius 2 is 2.08 bits per heavy atom. The molecule has 1 aromatic carbocycles. The maximum absolute atomic E-state index is 2.29.